The van der Waals surface area contributed by atoms with Gasteiger partial charge in [0.2, 0.25) is 5.95 Å². The number of alkyl halides is 6. The van der Waals surface area contributed by atoms with Crippen molar-refractivity contribution in [1.29, 1.82) is 0 Å². The largest absolute Gasteiger partial charge is 0.528 e. The monoisotopic (exact) mass is 614 g/mol. The lowest BCUT2D eigenvalue weighted by molar-refractivity contribution is -0.143. The summed E-state index contributed by atoms with van der Waals surface area (Å²) >= 11 is 0. The third-order valence-corrected chi connectivity index (χ3v) is 7.25. The smallest absolute Gasteiger partial charge is 0.430 e. The number of rotatable bonds is 9. The van der Waals surface area contributed by atoms with E-state index in [1.54, 1.807) is 31.0 Å². The van der Waals surface area contributed by atoms with Crippen LogP contribution < -0.4 is 4.90 Å². The van der Waals surface area contributed by atoms with Crippen LogP contribution in [0, 0.1) is 0 Å². The van der Waals surface area contributed by atoms with Gasteiger partial charge in [0.05, 0.1) is 23.9 Å². The fourth-order valence-electron chi connectivity index (χ4n) is 4.80. The van der Waals surface area contributed by atoms with Gasteiger partial charge in [-0.15, -0.1) is 5.06 Å². The molecule has 3 heterocycles. The summed E-state index contributed by atoms with van der Waals surface area (Å²) in [6.07, 6.45) is -3.42. The van der Waals surface area contributed by atoms with Crippen LogP contribution in [0.25, 0.3) is 11.1 Å². The average Bonchev–Trinajstić information content (AvgIpc) is 3.56. The van der Waals surface area contributed by atoms with E-state index in [4.69, 9.17) is 9.57 Å². The number of benzene rings is 1. The van der Waals surface area contributed by atoms with Crippen molar-refractivity contribution in [2.45, 2.75) is 77.1 Å². The van der Waals surface area contributed by atoms with Crippen LogP contribution in [-0.4, -0.2) is 55.7 Å². The van der Waals surface area contributed by atoms with Crippen LogP contribution in [-0.2, 0) is 35.5 Å². The van der Waals surface area contributed by atoms with E-state index in [-0.39, 0.29) is 42.8 Å². The predicted octanol–water partition coefficient (Wildman–Crippen LogP) is 6.64. The summed E-state index contributed by atoms with van der Waals surface area (Å²) in [6.45, 7) is 5.14. The molecule has 0 unspecified atom stereocenters. The van der Waals surface area contributed by atoms with Crippen molar-refractivity contribution in [1.82, 2.24) is 24.8 Å². The molecular formula is C28H32F6N6O3. The second-order valence-corrected chi connectivity index (χ2v) is 10.4. The van der Waals surface area contributed by atoms with Gasteiger partial charge in [0.1, 0.15) is 6.10 Å². The third kappa shape index (κ3) is 7.94. The van der Waals surface area contributed by atoms with Crippen LogP contribution in [0.15, 0.2) is 43.0 Å². The quantitative estimate of drug-likeness (QED) is 0.196. The number of aryl methyl sites for hydroxylation is 1. The van der Waals surface area contributed by atoms with Crippen molar-refractivity contribution in [2.24, 2.45) is 7.05 Å². The van der Waals surface area contributed by atoms with E-state index >= 15 is 0 Å². The average molecular weight is 615 g/mol. The maximum absolute atomic E-state index is 13.6. The summed E-state index contributed by atoms with van der Waals surface area (Å²) in [5.74, 6) is 0.0856. The fraction of sp³-hybridized carbons (Fsp3) is 0.500. The number of carbonyl (C=O) groups is 1. The van der Waals surface area contributed by atoms with Crippen LogP contribution >= 0.6 is 0 Å². The first-order valence-electron chi connectivity index (χ1n) is 13.7. The normalized spacial score (nSPS) is 18.5. The number of aromatic nitrogens is 4. The number of hydrogen-bond donors (Lipinski definition) is 0. The maximum Gasteiger partial charge on any atom is 0.528 e. The summed E-state index contributed by atoms with van der Waals surface area (Å²) in [6, 6.07) is 0.647. The van der Waals surface area contributed by atoms with Crippen molar-refractivity contribution in [3.63, 3.8) is 0 Å². The van der Waals surface area contributed by atoms with E-state index in [2.05, 4.69) is 15.1 Å². The Morgan fingerprint density at radius 3 is 2.16 bits per heavy atom. The molecule has 3 atom stereocenters. The zero-order valence-corrected chi connectivity index (χ0v) is 24.0. The molecule has 0 radical (unpaired) electrons. The van der Waals surface area contributed by atoms with Crippen LogP contribution in [0.1, 0.15) is 56.7 Å². The highest BCUT2D eigenvalue weighted by Gasteiger charge is 2.40. The molecule has 0 amide bonds. The van der Waals surface area contributed by atoms with Gasteiger partial charge in [0.15, 0.2) is 0 Å². The molecular weight excluding hydrogens is 582 g/mol. The van der Waals surface area contributed by atoms with E-state index in [1.165, 1.54) is 22.4 Å². The van der Waals surface area contributed by atoms with Gasteiger partial charge in [-0.05, 0) is 49.9 Å². The Bertz CT molecular complexity index is 1360. The van der Waals surface area contributed by atoms with E-state index in [9.17, 15) is 31.1 Å². The molecule has 0 saturated carbocycles. The van der Waals surface area contributed by atoms with Crippen molar-refractivity contribution in [2.75, 3.05) is 11.4 Å². The molecule has 234 valence electrons. The molecule has 0 N–H and O–H groups in total. The zero-order valence-electron chi connectivity index (χ0n) is 24.0. The Labute approximate surface area is 244 Å². The van der Waals surface area contributed by atoms with E-state index < -0.39 is 35.7 Å². The number of carbonyl (C=O) groups excluding carboxylic acids is 1. The van der Waals surface area contributed by atoms with Crippen molar-refractivity contribution in [3.8, 4) is 11.1 Å². The molecule has 4 rings (SSSR count). The van der Waals surface area contributed by atoms with Gasteiger partial charge in [0.25, 0.3) is 0 Å². The topological polar surface area (TPSA) is 85.6 Å². The summed E-state index contributed by atoms with van der Waals surface area (Å²) in [5.41, 5.74) is -1.72. The second kappa shape index (κ2) is 12.8. The molecule has 1 saturated heterocycles. The van der Waals surface area contributed by atoms with Gasteiger partial charge in [-0.2, -0.15) is 31.4 Å². The Balaban J connectivity index is 1.69. The lowest BCUT2D eigenvalue weighted by Gasteiger charge is -2.29. The molecule has 1 aliphatic heterocycles. The molecule has 1 aromatic carbocycles. The number of hydroxylamine groups is 2. The molecule has 2 aromatic heterocycles. The number of ether oxygens (including phenoxy) is 1. The molecule has 0 bridgehead atoms. The summed E-state index contributed by atoms with van der Waals surface area (Å²) in [5, 5.41) is 5.54. The summed E-state index contributed by atoms with van der Waals surface area (Å²) in [4.78, 5) is 28.2. The molecule has 0 spiro atoms. The minimum absolute atomic E-state index is 0.0856. The number of halogens is 6. The minimum Gasteiger partial charge on any atom is -0.430 e. The Hall–Kier alpha value is -3.88. The lowest BCUT2D eigenvalue weighted by Crippen LogP contribution is -2.39. The van der Waals surface area contributed by atoms with Gasteiger partial charge in [-0.3, -0.25) is 4.68 Å². The Kier molecular flexibility index (Phi) is 9.52. The van der Waals surface area contributed by atoms with Crippen molar-refractivity contribution < 1.29 is 40.7 Å². The number of hydrogen-bond acceptors (Lipinski definition) is 8. The highest BCUT2D eigenvalue weighted by Crippen LogP contribution is 2.37. The lowest BCUT2D eigenvalue weighted by atomic mass is 10.0. The number of nitrogens with zero attached hydrogens (tertiary/aromatic N) is 6. The first-order valence-corrected chi connectivity index (χ1v) is 13.7. The minimum atomic E-state index is -5.00. The third-order valence-electron chi connectivity index (χ3n) is 7.25. The number of anilines is 1. The van der Waals surface area contributed by atoms with Gasteiger partial charge >= 0.3 is 18.5 Å². The first kappa shape index (κ1) is 32.0. The summed E-state index contributed by atoms with van der Waals surface area (Å²) < 4.78 is 88.5. The Morgan fingerprint density at radius 1 is 1.02 bits per heavy atom. The van der Waals surface area contributed by atoms with Crippen LogP contribution in [0.2, 0.25) is 0 Å². The van der Waals surface area contributed by atoms with Gasteiger partial charge in [-0.25, -0.2) is 14.8 Å². The van der Waals surface area contributed by atoms with Crippen molar-refractivity contribution in [3.05, 3.63) is 59.7 Å². The van der Waals surface area contributed by atoms with Crippen LogP contribution in [0.5, 0.6) is 0 Å². The zero-order chi connectivity index (χ0) is 31.5. The first-order chi connectivity index (χ1) is 20.2. The molecule has 0 aliphatic carbocycles. The van der Waals surface area contributed by atoms with Gasteiger partial charge < -0.3 is 14.5 Å². The van der Waals surface area contributed by atoms with Gasteiger partial charge in [0, 0.05) is 55.4 Å². The van der Waals surface area contributed by atoms with Crippen LogP contribution in [0.4, 0.5) is 37.1 Å². The van der Waals surface area contributed by atoms with E-state index in [0.717, 1.165) is 5.56 Å². The highest BCUT2D eigenvalue weighted by molar-refractivity contribution is 5.60. The molecule has 43 heavy (non-hydrogen) atoms. The van der Waals surface area contributed by atoms with Crippen molar-refractivity contribution >= 4 is 12.1 Å². The van der Waals surface area contributed by atoms with Gasteiger partial charge in [-0.1, -0.05) is 13.8 Å². The molecule has 15 heteroatoms. The maximum atomic E-state index is 13.6. The molecule has 9 nitrogen and oxygen atoms in total. The SMILES string of the molecule is CC[C@@H]1C[C@H](N(Cc2cc(C(F)(F)F)cc(C(F)(F)F)c2)c2ncc(-c3cnn(C)c3)cn2)CN1OC(=O)O[C@@H](C)CC. The second-order valence-electron chi connectivity index (χ2n) is 10.4. The van der Waals surface area contributed by atoms with E-state index in [1.807, 2.05) is 13.8 Å². The van der Waals surface area contributed by atoms with E-state index in [0.29, 0.717) is 37.0 Å². The standard InChI is InChI=1S/C28H32F6N6O3/c1-5-17(3)42-26(41)43-40-16-24(10-23(40)6-2)39(25-35-11-19(12-36-25)20-13-37-38(4)15-20)14-18-7-21(27(29,30)31)9-22(8-18)28(32,33)34/h7-9,11-13,15,17,23-24H,5-6,10,14,16H2,1-4H3/t17-,23+,24-/m0/s1. The molecule has 1 fully saturated rings. The van der Waals surface area contributed by atoms with Crippen LogP contribution in [0.3, 0.4) is 0 Å². The Morgan fingerprint density at radius 2 is 1.65 bits per heavy atom. The summed E-state index contributed by atoms with van der Waals surface area (Å²) in [7, 11) is 1.74. The molecule has 3 aromatic rings. The molecule has 1 aliphatic rings. The fourth-order valence-corrected chi connectivity index (χ4v) is 4.80. The highest BCUT2D eigenvalue weighted by atomic mass is 19.4. The predicted molar refractivity (Wildman–Crippen MR) is 143 cm³/mol.